The molecule has 5 nitrogen and oxygen atoms in total. The second kappa shape index (κ2) is 1.72. The third kappa shape index (κ3) is 0.436. The van der Waals surface area contributed by atoms with Gasteiger partial charge >= 0.3 is 0 Å². The highest BCUT2D eigenvalue weighted by Gasteiger charge is 2.86. The maximum Gasteiger partial charge on any atom is 0.270 e. The van der Waals surface area contributed by atoms with Crippen LogP contribution in [0.25, 0.3) is 0 Å². The SMILES string of the molecule is C[C@H]1[C@]2(C#N)C(=O)N=C(N)[C@@]12C#N. The molecule has 1 saturated carbocycles. The van der Waals surface area contributed by atoms with E-state index in [1.165, 1.54) is 0 Å². The molecule has 0 spiro atoms. The minimum absolute atomic E-state index is 0.00551. The van der Waals surface area contributed by atoms with Gasteiger partial charge in [0.25, 0.3) is 5.91 Å². The van der Waals surface area contributed by atoms with Crippen LogP contribution in [-0.4, -0.2) is 11.7 Å². The van der Waals surface area contributed by atoms with E-state index in [1.54, 1.807) is 6.92 Å². The number of rotatable bonds is 0. The second-order valence-electron chi connectivity index (χ2n) is 3.36. The number of hydrogen-bond acceptors (Lipinski definition) is 4. The Morgan fingerprint density at radius 1 is 1.46 bits per heavy atom. The molecule has 1 amide bonds. The average molecular weight is 174 g/mol. The first-order valence-corrected chi connectivity index (χ1v) is 3.79. The van der Waals surface area contributed by atoms with Gasteiger partial charge in [-0.3, -0.25) is 4.79 Å². The molecule has 2 aliphatic rings. The lowest BCUT2D eigenvalue weighted by atomic mass is 9.97. The Morgan fingerprint density at radius 2 is 2.00 bits per heavy atom. The topological polar surface area (TPSA) is 103 Å². The molecular formula is C8H6N4O. The summed E-state index contributed by atoms with van der Waals surface area (Å²) in [6, 6.07) is 3.81. The van der Waals surface area contributed by atoms with Crippen LogP contribution >= 0.6 is 0 Å². The van der Waals surface area contributed by atoms with Crippen molar-refractivity contribution in [3.8, 4) is 12.1 Å². The van der Waals surface area contributed by atoms with Crippen molar-refractivity contribution in [3.63, 3.8) is 0 Å². The van der Waals surface area contributed by atoms with Crippen LogP contribution in [0.1, 0.15) is 6.92 Å². The quantitative estimate of drug-likeness (QED) is 0.537. The molecule has 0 aromatic rings. The molecule has 5 heteroatoms. The first kappa shape index (κ1) is 7.75. The Balaban J connectivity index is 2.66. The van der Waals surface area contributed by atoms with Gasteiger partial charge in [0.05, 0.1) is 12.1 Å². The number of amides is 1. The van der Waals surface area contributed by atoms with E-state index in [9.17, 15) is 4.79 Å². The molecule has 2 rings (SSSR count). The first-order chi connectivity index (χ1) is 6.07. The highest BCUT2D eigenvalue weighted by atomic mass is 16.2. The summed E-state index contributed by atoms with van der Waals surface area (Å²) in [4.78, 5) is 14.8. The van der Waals surface area contributed by atoms with Gasteiger partial charge in [0, 0.05) is 5.92 Å². The summed E-state index contributed by atoms with van der Waals surface area (Å²) in [5.41, 5.74) is 3.04. The summed E-state index contributed by atoms with van der Waals surface area (Å²) in [7, 11) is 0. The van der Waals surface area contributed by atoms with E-state index in [-0.39, 0.29) is 11.8 Å². The fourth-order valence-electron chi connectivity index (χ4n) is 2.20. The minimum Gasteiger partial charge on any atom is -0.386 e. The molecule has 3 atom stereocenters. The molecule has 0 aromatic heterocycles. The summed E-state index contributed by atoms with van der Waals surface area (Å²) in [5.74, 6) is -0.907. The van der Waals surface area contributed by atoms with Gasteiger partial charge in [-0.15, -0.1) is 0 Å². The Kier molecular flexibility index (Phi) is 1.03. The normalized spacial score (nSPS) is 45.9. The predicted molar refractivity (Wildman–Crippen MR) is 41.9 cm³/mol. The van der Waals surface area contributed by atoms with Crippen LogP contribution in [0.2, 0.25) is 0 Å². The molecule has 1 heterocycles. The Labute approximate surface area is 74.5 Å². The molecule has 0 saturated heterocycles. The van der Waals surface area contributed by atoms with Crippen molar-refractivity contribution in [1.82, 2.24) is 0 Å². The van der Waals surface area contributed by atoms with Gasteiger partial charge in [0.15, 0.2) is 5.41 Å². The Bertz CT molecular complexity index is 426. The van der Waals surface area contributed by atoms with Gasteiger partial charge in [-0.2, -0.15) is 15.5 Å². The fourth-order valence-corrected chi connectivity index (χ4v) is 2.20. The van der Waals surface area contributed by atoms with E-state index in [4.69, 9.17) is 16.3 Å². The number of carbonyl (C=O) groups is 1. The van der Waals surface area contributed by atoms with Crippen LogP contribution < -0.4 is 5.73 Å². The minimum atomic E-state index is -1.29. The molecule has 0 aromatic carbocycles. The lowest BCUT2D eigenvalue weighted by molar-refractivity contribution is -0.121. The average Bonchev–Trinajstić information content (AvgIpc) is 2.56. The van der Waals surface area contributed by atoms with Crippen molar-refractivity contribution in [1.29, 1.82) is 10.5 Å². The number of hydrogen-bond donors (Lipinski definition) is 1. The molecule has 2 N–H and O–H groups in total. The Hall–Kier alpha value is -1.88. The highest BCUT2D eigenvalue weighted by molar-refractivity contribution is 6.16. The van der Waals surface area contributed by atoms with Gasteiger partial charge < -0.3 is 5.73 Å². The number of nitrogens with zero attached hydrogens (tertiary/aromatic N) is 3. The zero-order valence-corrected chi connectivity index (χ0v) is 6.90. The van der Waals surface area contributed by atoms with Crippen molar-refractivity contribution in [3.05, 3.63) is 0 Å². The maximum absolute atomic E-state index is 11.3. The molecule has 1 aliphatic carbocycles. The van der Waals surface area contributed by atoms with Gasteiger partial charge in [0.1, 0.15) is 11.3 Å². The van der Waals surface area contributed by atoms with Gasteiger partial charge in [-0.25, -0.2) is 0 Å². The van der Waals surface area contributed by atoms with Crippen LogP contribution in [0.15, 0.2) is 4.99 Å². The zero-order valence-electron chi connectivity index (χ0n) is 6.90. The van der Waals surface area contributed by atoms with E-state index in [0.29, 0.717) is 0 Å². The summed E-state index contributed by atoms with van der Waals surface area (Å²) in [6.45, 7) is 1.67. The number of fused-ring (bicyclic) bond motifs is 1. The largest absolute Gasteiger partial charge is 0.386 e. The monoisotopic (exact) mass is 174 g/mol. The van der Waals surface area contributed by atoms with Gasteiger partial charge in [0.2, 0.25) is 0 Å². The molecule has 0 unspecified atom stereocenters. The smallest absolute Gasteiger partial charge is 0.270 e. The van der Waals surface area contributed by atoms with E-state index in [2.05, 4.69) is 4.99 Å². The van der Waals surface area contributed by atoms with Crippen molar-refractivity contribution >= 4 is 11.7 Å². The standard InChI is InChI=1S/C8H6N4O/c1-4-7(2-9)5(11)12-6(13)8(4,7)3-10/h4H,1H3,(H2,11,12,13)/t4-,7-,8-/m1/s1. The summed E-state index contributed by atoms with van der Waals surface area (Å²) in [6.07, 6.45) is 0. The van der Waals surface area contributed by atoms with E-state index in [1.807, 2.05) is 12.1 Å². The summed E-state index contributed by atoms with van der Waals surface area (Å²) in [5, 5.41) is 17.8. The Morgan fingerprint density at radius 3 is 2.31 bits per heavy atom. The van der Waals surface area contributed by atoms with Crippen LogP contribution in [0.5, 0.6) is 0 Å². The zero-order chi connectivity index (χ0) is 9.85. The van der Waals surface area contributed by atoms with Crippen molar-refractivity contribution in [2.75, 3.05) is 0 Å². The molecule has 64 valence electrons. The lowest BCUT2D eigenvalue weighted by Gasteiger charge is -1.99. The summed E-state index contributed by atoms with van der Waals surface area (Å²) < 4.78 is 0. The van der Waals surface area contributed by atoms with Crippen LogP contribution in [-0.2, 0) is 4.79 Å². The van der Waals surface area contributed by atoms with E-state index in [0.717, 1.165) is 0 Å². The second-order valence-corrected chi connectivity index (χ2v) is 3.36. The molecular weight excluding hydrogens is 168 g/mol. The lowest BCUT2D eigenvalue weighted by Crippen LogP contribution is -2.25. The van der Waals surface area contributed by atoms with Crippen LogP contribution in [0, 0.1) is 39.4 Å². The fraction of sp³-hybridized carbons (Fsp3) is 0.500. The third-order valence-electron chi connectivity index (χ3n) is 3.15. The third-order valence-corrected chi connectivity index (χ3v) is 3.15. The number of nitrogens with two attached hydrogens (primary N) is 1. The predicted octanol–water partition coefficient (Wildman–Crippen LogP) is -0.447. The molecule has 0 bridgehead atoms. The number of amidine groups is 1. The highest BCUT2D eigenvalue weighted by Crippen LogP contribution is 2.71. The summed E-state index contributed by atoms with van der Waals surface area (Å²) >= 11 is 0. The molecule has 1 aliphatic heterocycles. The van der Waals surface area contributed by atoms with Crippen molar-refractivity contribution < 1.29 is 4.79 Å². The number of carbonyl (C=O) groups excluding carboxylic acids is 1. The van der Waals surface area contributed by atoms with Crippen LogP contribution in [0.4, 0.5) is 0 Å². The first-order valence-electron chi connectivity index (χ1n) is 3.79. The number of nitriles is 2. The van der Waals surface area contributed by atoms with Gasteiger partial charge in [-0.1, -0.05) is 6.92 Å². The van der Waals surface area contributed by atoms with E-state index >= 15 is 0 Å². The molecule has 13 heavy (non-hydrogen) atoms. The van der Waals surface area contributed by atoms with Crippen molar-refractivity contribution in [2.24, 2.45) is 27.5 Å². The molecule has 1 fully saturated rings. The maximum atomic E-state index is 11.3. The van der Waals surface area contributed by atoms with Crippen molar-refractivity contribution in [2.45, 2.75) is 6.92 Å². The van der Waals surface area contributed by atoms with Crippen LogP contribution in [0.3, 0.4) is 0 Å². The molecule has 0 radical (unpaired) electrons. The van der Waals surface area contributed by atoms with Gasteiger partial charge in [-0.05, 0) is 0 Å². The number of aliphatic imine (C=N–C) groups is 1. The van der Waals surface area contributed by atoms with E-state index < -0.39 is 16.7 Å².